The maximum absolute atomic E-state index is 10.3. The zero-order valence-electron chi connectivity index (χ0n) is 23.7. The molecule has 0 bridgehead atoms. The summed E-state index contributed by atoms with van der Waals surface area (Å²) < 4.78 is 0. The van der Waals surface area contributed by atoms with Crippen molar-refractivity contribution in [3.8, 4) is 11.5 Å². The highest BCUT2D eigenvalue weighted by atomic mass is 16.3. The van der Waals surface area contributed by atoms with Crippen molar-refractivity contribution < 1.29 is 10.2 Å². The third-order valence-corrected chi connectivity index (χ3v) is 7.65. The van der Waals surface area contributed by atoms with Crippen LogP contribution in [0.25, 0.3) is 0 Å². The average molecular weight is 495 g/mol. The lowest BCUT2D eigenvalue weighted by Gasteiger charge is -2.21. The fraction of sp³-hybridized carbons (Fsp3) is 0.647. The number of phenols is 2. The topological polar surface area (TPSA) is 40.5 Å². The van der Waals surface area contributed by atoms with E-state index >= 15 is 0 Å². The molecule has 0 heterocycles. The summed E-state index contributed by atoms with van der Waals surface area (Å²) in [6.07, 6.45) is 22.8. The fourth-order valence-corrected chi connectivity index (χ4v) is 5.48. The van der Waals surface area contributed by atoms with Crippen molar-refractivity contribution in [2.45, 2.75) is 142 Å². The minimum Gasteiger partial charge on any atom is -0.508 e. The van der Waals surface area contributed by atoms with Gasteiger partial charge in [0.25, 0.3) is 0 Å². The normalized spacial score (nSPS) is 11.4. The Labute approximate surface area is 222 Å². The van der Waals surface area contributed by atoms with Crippen molar-refractivity contribution in [2.24, 2.45) is 0 Å². The van der Waals surface area contributed by atoms with Gasteiger partial charge in [-0.1, -0.05) is 141 Å². The lowest BCUT2D eigenvalue weighted by molar-refractivity contribution is 0.466. The molecule has 2 aromatic carbocycles. The number of hydrogen-bond donors (Lipinski definition) is 2. The Morgan fingerprint density at radius 1 is 0.500 bits per heavy atom. The zero-order chi connectivity index (χ0) is 26.0. The molecule has 0 radical (unpaired) electrons. The average Bonchev–Trinajstić information content (AvgIpc) is 2.88. The zero-order valence-corrected chi connectivity index (χ0v) is 23.7. The van der Waals surface area contributed by atoms with Crippen LogP contribution in [-0.2, 0) is 12.8 Å². The van der Waals surface area contributed by atoms with E-state index in [2.05, 4.69) is 45.0 Å². The highest BCUT2D eigenvalue weighted by Gasteiger charge is 2.17. The SMILES string of the molecule is CCCCCCCCCCCCCCCC(c1ccc(O)c(CCC)c1)c1ccc(O)c(CCC)c1. The van der Waals surface area contributed by atoms with Crippen LogP contribution in [-0.4, -0.2) is 10.2 Å². The van der Waals surface area contributed by atoms with Crippen LogP contribution in [0.4, 0.5) is 0 Å². The Balaban J connectivity index is 1.88. The van der Waals surface area contributed by atoms with Crippen LogP contribution in [0.15, 0.2) is 36.4 Å². The number of benzene rings is 2. The van der Waals surface area contributed by atoms with Gasteiger partial charge in [-0.15, -0.1) is 0 Å². The molecule has 2 rings (SSSR count). The maximum atomic E-state index is 10.3. The Kier molecular flexibility index (Phi) is 15.4. The lowest BCUT2D eigenvalue weighted by atomic mass is 9.84. The molecule has 0 spiro atoms. The predicted octanol–water partition coefficient (Wildman–Crippen LogP) is 10.6. The van der Waals surface area contributed by atoms with Gasteiger partial charge in [0, 0.05) is 5.92 Å². The molecule has 2 heteroatoms. The van der Waals surface area contributed by atoms with Crippen molar-refractivity contribution in [1.29, 1.82) is 0 Å². The highest BCUT2D eigenvalue weighted by molar-refractivity contribution is 5.44. The Hall–Kier alpha value is -1.96. The molecule has 0 unspecified atom stereocenters. The summed E-state index contributed by atoms with van der Waals surface area (Å²) >= 11 is 0. The molecule has 0 aliphatic rings. The first-order valence-corrected chi connectivity index (χ1v) is 15.2. The van der Waals surface area contributed by atoms with Gasteiger partial charge in [-0.05, 0) is 53.6 Å². The Morgan fingerprint density at radius 3 is 1.28 bits per heavy atom. The van der Waals surface area contributed by atoms with Gasteiger partial charge in [0.2, 0.25) is 0 Å². The Morgan fingerprint density at radius 2 is 0.889 bits per heavy atom. The number of aromatic hydroxyl groups is 2. The molecule has 36 heavy (non-hydrogen) atoms. The molecule has 2 nitrogen and oxygen atoms in total. The summed E-state index contributed by atoms with van der Waals surface area (Å²) in [5, 5.41) is 20.7. The molecule has 0 atom stereocenters. The maximum Gasteiger partial charge on any atom is 0.118 e. The van der Waals surface area contributed by atoms with E-state index in [1.165, 1.54) is 94.6 Å². The van der Waals surface area contributed by atoms with E-state index < -0.39 is 0 Å². The first kappa shape index (κ1) is 30.3. The number of phenolic OH excluding ortho intramolecular Hbond substituents is 2. The van der Waals surface area contributed by atoms with Gasteiger partial charge < -0.3 is 10.2 Å². The lowest BCUT2D eigenvalue weighted by Crippen LogP contribution is -2.04. The van der Waals surface area contributed by atoms with Crippen molar-refractivity contribution in [2.75, 3.05) is 0 Å². The number of aryl methyl sites for hydroxylation is 2. The van der Waals surface area contributed by atoms with Crippen LogP contribution in [0.1, 0.15) is 152 Å². The second-order valence-corrected chi connectivity index (χ2v) is 10.9. The summed E-state index contributed by atoms with van der Waals surface area (Å²) in [5.41, 5.74) is 4.70. The quantitative estimate of drug-likeness (QED) is 0.180. The largest absolute Gasteiger partial charge is 0.508 e. The third-order valence-electron chi connectivity index (χ3n) is 7.65. The van der Waals surface area contributed by atoms with Gasteiger partial charge in [-0.2, -0.15) is 0 Å². The van der Waals surface area contributed by atoms with Crippen LogP contribution in [0.3, 0.4) is 0 Å². The van der Waals surface area contributed by atoms with Gasteiger partial charge in [-0.3, -0.25) is 0 Å². The minimum absolute atomic E-state index is 0.310. The summed E-state index contributed by atoms with van der Waals surface area (Å²) in [6.45, 7) is 6.61. The highest BCUT2D eigenvalue weighted by Crippen LogP contribution is 2.35. The number of rotatable bonds is 20. The van der Waals surface area contributed by atoms with Crippen LogP contribution < -0.4 is 0 Å². The van der Waals surface area contributed by atoms with E-state index in [-0.39, 0.29) is 0 Å². The van der Waals surface area contributed by atoms with Crippen molar-refractivity contribution in [3.63, 3.8) is 0 Å². The van der Waals surface area contributed by atoms with Crippen molar-refractivity contribution >= 4 is 0 Å². The molecule has 2 N–H and O–H groups in total. The van der Waals surface area contributed by atoms with Crippen LogP contribution in [0, 0.1) is 0 Å². The van der Waals surface area contributed by atoms with Crippen LogP contribution in [0.5, 0.6) is 11.5 Å². The summed E-state index contributed by atoms with van der Waals surface area (Å²) in [7, 11) is 0. The molecule has 0 saturated heterocycles. The van der Waals surface area contributed by atoms with Gasteiger partial charge in [-0.25, -0.2) is 0 Å². The molecule has 0 aliphatic carbocycles. The van der Waals surface area contributed by atoms with Gasteiger partial charge in [0.05, 0.1) is 0 Å². The van der Waals surface area contributed by atoms with E-state index in [9.17, 15) is 10.2 Å². The van der Waals surface area contributed by atoms with Crippen molar-refractivity contribution in [3.05, 3.63) is 58.7 Å². The van der Waals surface area contributed by atoms with Crippen LogP contribution in [0.2, 0.25) is 0 Å². The van der Waals surface area contributed by atoms with E-state index in [1.807, 2.05) is 12.1 Å². The number of hydrogen-bond acceptors (Lipinski definition) is 2. The minimum atomic E-state index is 0.310. The molecule has 202 valence electrons. The monoisotopic (exact) mass is 494 g/mol. The van der Waals surface area contributed by atoms with Crippen LogP contribution >= 0.6 is 0 Å². The molecular formula is C34H54O2. The van der Waals surface area contributed by atoms with Gasteiger partial charge in [0.1, 0.15) is 11.5 Å². The Bertz CT molecular complexity index is 786. The van der Waals surface area contributed by atoms with E-state index in [4.69, 9.17) is 0 Å². The first-order chi connectivity index (χ1) is 17.6. The van der Waals surface area contributed by atoms with E-state index in [1.54, 1.807) is 0 Å². The fourth-order valence-electron chi connectivity index (χ4n) is 5.48. The van der Waals surface area contributed by atoms with E-state index in [0.717, 1.165) is 43.2 Å². The summed E-state index contributed by atoms with van der Waals surface area (Å²) in [6, 6.07) is 12.4. The first-order valence-electron chi connectivity index (χ1n) is 15.2. The third kappa shape index (κ3) is 11.0. The van der Waals surface area contributed by atoms with Gasteiger partial charge >= 0.3 is 0 Å². The summed E-state index contributed by atoms with van der Waals surface area (Å²) in [5.74, 6) is 1.14. The molecule has 0 fully saturated rings. The molecule has 0 saturated carbocycles. The van der Waals surface area contributed by atoms with Crippen molar-refractivity contribution in [1.82, 2.24) is 0 Å². The molecule has 0 aromatic heterocycles. The standard InChI is InChI=1S/C34H54O2/c1-4-7-8-9-10-11-12-13-14-15-16-17-18-21-32(28-22-24-33(35)30(26-28)19-5-2)29-23-25-34(36)31(27-29)20-6-3/h22-27,32,35-36H,4-21H2,1-3H3. The molecular weight excluding hydrogens is 440 g/mol. The summed E-state index contributed by atoms with van der Waals surface area (Å²) in [4.78, 5) is 0. The predicted molar refractivity (Wildman–Crippen MR) is 156 cm³/mol. The number of unbranched alkanes of at least 4 members (excludes halogenated alkanes) is 12. The second kappa shape index (κ2) is 18.3. The molecule has 0 amide bonds. The van der Waals surface area contributed by atoms with E-state index in [0.29, 0.717) is 17.4 Å². The molecule has 0 aliphatic heterocycles. The smallest absolute Gasteiger partial charge is 0.118 e. The molecule has 2 aromatic rings. The second-order valence-electron chi connectivity index (χ2n) is 10.9. The van der Waals surface area contributed by atoms with Gasteiger partial charge in [0.15, 0.2) is 0 Å².